The first-order valence-corrected chi connectivity index (χ1v) is 8.02. The maximum Gasteiger partial charge on any atom is 0.224 e. The summed E-state index contributed by atoms with van der Waals surface area (Å²) in [6, 6.07) is 0. The highest BCUT2D eigenvalue weighted by Gasteiger charge is 2.58. The van der Waals surface area contributed by atoms with Gasteiger partial charge in [-0.15, -0.1) is 23.2 Å². The molecule has 2 rings (SSSR count). The highest BCUT2D eigenvalue weighted by molar-refractivity contribution is 6.18. The molecule has 2 saturated heterocycles. The molecule has 0 radical (unpaired) electrons. The summed E-state index contributed by atoms with van der Waals surface area (Å²) in [7, 11) is 0. The van der Waals surface area contributed by atoms with Crippen molar-refractivity contribution in [3.8, 4) is 0 Å². The van der Waals surface area contributed by atoms with Gasteiger partial charge < -0.3 is 44.8 Å². The quantitative estimate of drug-likeness (QED) is 0.277. The van der Waals surface area contributed by atoms with E-state index in [0.717, 1.165) is 0 Å². The van der Waals surface area contributed by atoms with Crippen LogP contribution in [0.3, 0.4) is 0 Å². The van der Waals surface area contributed by atoms with Gasteiger partial charge in [0.05, 0.1) is 11.8 Å². The lowest BCUT2D eigenvalue weighted by Gasteiger charge is -2.43. The molecule has 0 bridgehead atoms. The minimum absolute atomic E-state index is 0.178. The number of ether oxygens (including phenoxy) is 3. The number of alkyl halides is 2. The van der Waals surface area contributed by atoms with Crippen LogP contribution in [-0.4, -0.2) is 104 Å². The van der Waals surface area contributed by atoms with Crippen LogP contribution in [0.2, 0.25) is 0 Å². The molecule has 0 aromatic rings. The molecule has 0 spiro atoms. The van der Waals surface area contributed by atoms with Gasteiger partial charge in [-0.05, 0) is 0 Å². The molecule has 9 atom stereocenters. The van der Waals surface area contributed by atoms with Crippen molar-refractivity contribution in [3.63, 3.8) is 0 Å². The highest BCUT2D eigenvalue weighted by Crippen LogP contribution is 2.36. The van der Waals surface area contributed by atoms with E-state index in [4.69, 9.17) is 37.4 Å². The van der Waals surface area contributed by atoms with Gasteiger partial charge in [0, 0.05) is 0 Å². The Morgan fingerprint density at radius 3 is 1.96 bits per heavy atom. The molecular formula is C12H20Cl2O9. The third-order valence-corrected chi connectivity index (χ3v) is 4.62. The van der Waals surface area contributed by atoms with Gasteiger partial charge >= 0.3 is 0 Å². The molecule has 136 valence electrons. The van der Waals surface area contributed by atoms with Crippen molar-refractivity contribution >= 4 is 23.2 Å². The maximum atomic E-state index is 10.1. The standard InChI is InChI=1S/C12H20Cl2O9/c13-1-4-6(16)8(18)9(19)11(21-4)23-12(3-15)10(20)7(17)5(2-14)22-12/h4-11,15-20H,1-3H2. The summed E-state index contributed by atoms with van der Waals surface area (Å²) in [5.74, 6) is -2.49. The molecule has 2 aliphatic heterocycles. The lowest BCUT2D eigenvalue weighted by atomic mass is 9.99. The Bertz CT molecular complexity index is 401. The number of hydrogen-bond donors (Lipinski definition) is 6. The van der Waals surface area contributed by atoms with E-state index in [1.54, 1.807) is 0 Å². The number of rotatable bonds is 5. The first-order valence-electron chi connectivity index (χ1n) is 6.95. The average Bonchev–Trinajstić information content (AvgIpc) is 2.80. The molecule has 11 heteroatoms. The molecule has 2 heterocycles. The van der Waals surface area contributed by atoms with Gasteiger partial charge in [-0.1, -0.05) is 0 Å². The van der Waals surface area contributed by atoms with Crippen LogP contribution in [0.25, 0.3) is 0 Å². The predicted molar refractivity (Wildman–Crippen MR) is 75.9 cm³/mol. The number of halogens is 2. The van der Waals surface area contributed by atoms with Gasteiger partial charge in [-0.3, -0.25) is 0 Å². The predicted octanol–water partition coefficient (Wildman–Crippen LogP) is -2.90. The third kappa shape index (κ3) is 3.46. The summed E-state index contributed by atoms with van der Waals surface area (Å²) in [4.78, 5) is 0. The number of aliphatic hydroxyl groups is 6. The minimum Gasteiger partial charge on any atom is -0.391 e. The van der Waals surface area contributed by atoms with Gasteiger partial charge in [0.25, 0.3) is 0 Å². The molecule has 0 aromatic heterocycles. The van der Waals surface area contributed by atoms with Crippen LogP contribution in [0.5, 0.6) is 0 Å². The molecule has 2 fully saturated rings. The summed E-state index contributed by atoms with van der Waals surface area (Å²) in [5.41, 5.74) is 0. The smallest absolute Gasteiger partial charge is 0.224 e. The summed E-state index contributed by atoms with van der Waals surface area (Å²) >= 11 is 11.2. The second kappa shape index (κ2) is 7.63. The van der Waals surface area contributed by atoms with Gasteiger partial charge in [0.15, 0.2) is 6.29 Å². The normalized spacial score (nSPS) is 51.1. The van der Waals surface area contributed by atoms with Crippen molar-refractivity contribution in [1.29, 1.82) is 0 Å². The maximum absolute atomic E-state index is 10.1. The lowest BCUT2D eigenvalue weighted by molar-refractivity contribution is -0.379. The summed E-state index contributed by atoms with van der Waals surface area (Å²) < 4.78 is 15.8. The van der Waals surface area contributed by atoms with E-state index in [0.29, 0.717) is 0 Å². The fourth-order valence-corrected chi connectivity index (χ4v) is 3.09. The SMILES string of the molecule is OCC1(OC2OC(CCl)C(O)C(O)C2O)OC(CCl)C(O)C1O. The van der Waals surface area contributed by atoms with E-state index in [1.165, 1.54) is 0 Å². The molecule has 9 nitrogen and oxygen atoms in total. The average molecular weight is 379 g/mol. The van der Waals surface area contributed by atoms with E-state index >= 15 is 0 Å². The van der Waals surface area contributed by atoms with Gasteiger partial charge in [0.1, 0.15) is 49.3 Å². The first kappa shape index (κ1) is 19.5. The Morgan fingerprint density at radius 1 is 0.870 bits per heavy atom. The van der Waals surface area contributed by atoms with Crippen LogP contribution in [0.1, 0.15) is 0 Å². The minimum atomic E-state index is -2.11. The Hall–Kier alpha value is 0.220. The zero-order chi connectivity index (χ0) is 17.4. The zero-order valence-corrected chi connectivity index (χ0v) is 13.4. The summed E-state index contributed by atoms with van der Waals surface area (Å²) in [6.45, 7) is -0.880. The molecule has 2 aliphatic rings. The van der Waals surface area contributed by atoms with Crippen LogP contribution in [-0.2, 0) is 14.2 Å². The van der Waals surface area contributed by atoms with Crippen molar-refractivity contribution in [3.05, 3.63) is 0 Å². The molecule has 0 saturated carbocycles. The Labute approximate surface area is 141 Å². The van der Waals surface area contributed by atoms with Crippen LogP contribution < -0.4 is 0 Å². The van der Waals surface area contributed by atoms with Crippen LogP contribution in [0, 0.1) is 0 Å². The Morgan fingerprint density at radius 2 is 1.48 bits per heavy atom. The van der Waals surface area contributed by atoms with Crippen molar-refractivity contribution in [2.24, 2.45) is 0 Å². The van der Waals surface area contributed by atoms with Crippen molar-refractivity contribution in [2.45, 2.75) is 54.8 Å². The fourth-order valence-electron chi connectivity index (χ4n) is 2.59. The molecule has 6 N–H and O–H groups in total. The van der Waals surface area contributed by atoms with E-state index in [9.17, 15) is 30.6 Å². The molecule has 9 unspecified atom stereocenters. The van der Waals surface area contributed by atoms with Crippen molar-refractivity contribution < 1.29 is 44.8 Å². The van der Waals surface area contributed by atoms with E-state index in [-0.39, 0.29) is 11.8 Å². The Kier molecular flexibility index (Phi) is 6.48. The van der Waals surface area contributed by atoms with E-state index in [1.807, 2.05) is 0 Å². The monoisotopic (exact) mass is 378 g/mol. The van der Waals surface area contributed by atoms with Gasteiger partial charge in [-0.2, -0.15) is 0 Å². The topological polar surface area (TPSA) is 149 Å². The summed E-state index contributed by atoms with van der Waals surface area (Å²) in [5, 5.41) is 58.9. The molecule has 23 heavy (non-hydrogen) atoms. The molecule has 0 aliphatic carbocycles. The second-order valence-electron chi connectivity index (χ2n) is 5.50. The molecule has 0 amide bonds. The fraction of sp³-hybridized carbons (Fsp3) is 1.00. The lowest BCUT2D eigenvalue weighted by Crippen LogP contribution is -2.62. The highest BCUT2D eigenvalue weighted by atomic mass is 35.5. The number of aliphatic hydroxyl groups excluding tert-OH is 6. The van der Waals surface area contributed by atoms with Crippen LogP contribution in [0.15, 0.2) is 0 Å². The van der Waals surface area contributed by atoms with Crippen LogP contribution in [0.4, 0.5) is 0 Å². The van der Waals surface area contributed by atoms with Crippen molar-refractivity contribution in [1.82, 2.24) is 0 Å². The van der Waals surface area contributed by atoms with Gasteiger partial charge in [0.2, 0.25) is 5.79 Å². The molecular weight excluding hydrogens is 359 g/mol. The molecule has 0 aromatic carbocycles. The zero-order valence-electron chi connectivity index (χ0n) is 11.9. The van der Waals surface area contributed by atoms with Crippen molar-refractivity contribution in [2.75, 3.05) is 18.4 Å². The first-order chi connectivity index (χ1) is 10.8. The van der Waals surface area contributed by atoms with E-state index < -0.39 is 61.4 Å². The largest absolute Gasteiger partial charge is 0.391 e. The van der Waals surface area contributed by atoms with E-state index in [2.05, 4.69) is 0 Å². The number of hydrogen-bond acceptors (Lipinski definition) is 9. The van der Waals surface area contributed by atoms with Crippen LogP contribution >= 0.6 is 23.2 Å². The Balaban J connectivity index is 2.18. The van der Waals surface area contributed by atoms with Gasteiger partial charge in [-0.25, -0.2) is 0 Å². The third-order valence-electron chi connectivity index (χ3n) is 4.01. The second-order valence-corrected chi connectivity index (χ2v) is 6.12. The summed E-state index contributed by atoms with van der Waals surface area (Å²) in [6.07, 6.45) is -11.5.